The highest BCUT2D eigenvalue weighted by Gasteiger charge is 2.06. The standard InChI is InChI=1S/C14H18O2/c1-4-5-12-6-8-13(9-7-12)16-14(15)10-11(2)3/h4-9,11H,10H2,1-3H3. The number of carbonyl (C=O) groups is 1. The lowest BCUT2D eigenvalue weighted by Crippen LogP contribution is -2.10. The van der Waals surface area contributed by atoms with E-state index in [2.05, 4.69) is 0 Å². The predicted molar refractivity (Wildman–Crippen MR) is 66.2 cm³/mol. The fraction of sp³-hybridized carbons (Fsp3) is 0.357. The maximum atomic E-state index is 11.4. The second-order valence-electron chi connectivity index (χ2n) is 4.14. The monoisotopic (exact) mass is 218 g/mol. The van der Waals surface area contributed by atoms with Crippen molar-refractivity contribution in [3.63, 3.8) is 0 Å². The van der Waals surface area contributed by atoms with Crippen molar-refractivity contribution < 1.29 is 9.53 Å². The Balaban J connectivity index is 2.58. The first-order chi connectivity index (χ1) is 7.61. The molecule has 0 amide bonds. The highest BCUT2D eigenvalue weighted by atomic mass is 16.5. The van der Waals surface area contributed by atoms with Crippen molar-refractivity contribution >= 4 is 12.0 Å². The van der Waals surface area contributed by atoms with Crippen LogP contribution in [0.5, 0.6) is 5.75 Å². The molecular weight excluding hydrogens is 200 g/mol. The lowest BCUT2D eigenvalue weighted by atomic mass is 10.1. The molecule has 16 heavy (non-hydrogen) atoms. The molecule has 0 radical (unpaired) electrons. The fourth-order valence-electron chi connectivity index (χ4n) is 1.35. The predicted octanol–water partition coefficient (Wildman–Crippen LogP) is 3.67. The number of hydrogen-bond donors (Lipinski definition) is 0. The molecule has 0 heterocycles. The smallest absolute Gasteiger partial charge is 0.311 e. The second kappa shape index (κ2) is 6.11. The number of rotatable bonds is 4. The number of ether oxygens (including phenoxy) is 1. The van der Waals surface area contributed by atoms with E-state index in [0.717, 1.165) is 5.56 Å². The highest BCUT2D eigenvalue weighted by molar-refractivity contribution is 5.72. The topological polar surface area (TPSA) is 26.3 Å². The van der Waals surface area contributed by atoms with Crippen LogP contribution in [-0.4, -0.2) is 5.97 Å². The van der Waals surface area contributed by atoms with Crippen LogP contribution in [0.25, 0.3) is 6.08 Å². The summed E-state index contributed by atoms with van der Waals surface area (Å²) in [5, 5.41) is 0. The lowest BCUT2D eigenvalue weighted by molar-refractivity contribution is -0.135. The zero-order valence-electron chi connectivity index (χ0n) is 10.1. The average molecular weight is 218 g/mol. The molecule has 0 unspecified atom stereocenters. The van der Waals surface area contributed by atoms with Gasteiger partial charge in [0.05, 0.1) is 0 Å². The van der Waals surface area contributed by atoms with Crippen molar-refractivity contribution in [3.8, 4) is 5.75 Å². The van der Waals surface area contributed by atoms with Crippen molar-refractivity contribution in [2.24, 2.45) is 5.92 Å². The summed E-state index contributed by atoms with van der Waals surface area (Å²) < 4.78 is 5.20. The molecule has 1 aromatic rings. The molecule has 0 fully saturated rings. The first-order valence-electron chi connectivity index (χ1n) is 5.55. The third-order valence-electron chi connectivity index (χ3n) is 2.05. The third-order valence-corrected chi connectivity index (χ3v) is 2.05. The van der Waals surface area contributed by atoms with Gasteiger partial charge in [-0.05, 0) is 30.5 Å². The van der Waals surface area contributed by atoms with Crippen LogP contribution in [0.1, 0.15) is 32.8 Å². The van der Waals surface area contributed by atoms with E-state index >= 15 is 0 Å². The summed E-state index contributed by atoms with van der Waals surface area (Å²) in [6, 6.07) is 7.48. The van der Waals surface area contributed by atoms with E-state index in [-0.39, 0.29) is 5.97 Å². The molecule has 0 aliphatic carbocycles. The van der Waals surface area contributed by atoms with Crippen LogP contribution in [0.2, 0.25) is 0 Å². The summed E-state index contributed by atoms with van der Waals surface area (Å²) >= 11 is 0. The molecule has 0 N–H and O–H groups in total. The van der Waals surface area contributed by atoms with Gasteiger partial charge in [0.2, 0.25) is 0 Å². The van der Waals surface area contributed by atoms with Gasteiger partial charge in [-0.15, -0.1) is 0 Å². The molecule has 86 valence electrons. The van der Waals surface area contributed by atoms with E-state index in [1.165, 1.54) is 0 Å². The van der Waals surface area contributed by atoms with Gasteiger partial charge in [0.25, 0.3) is 0 Å². The Hall–Kier alpha value is -1.57. The number of hydrogen-bond acceptors (Lipinski definition) is 2. The summed E-state index contributed by atoms with van der Waals surface area (Å²) in [6.07, 6.45) is 4.43. The second-order valence-corrected chi connectivity index (χ2v) is 4.14. The van der Waals surface area contributed by atoms with E-state index in [0.29, 0.717) is 18.1 Å². The molecular formula is C14H18O2. The highest BCUT2D eigenvalue weighted by Crippen LogP contribution is 2.14. The molecule has 0 saturated carbocycles. The molecule has 0 aromatic heterocycles. The van der Waals surface area contributed by atoms with Crippen LogP contribution in [0.3, 0.4) is 0 Å². The van der Waals surface area contributed by atoms with Crippen molar-refractivity contribution in [1.29, 1.82) is 0 Å². The van der Waals surface area contributed by atoms with Crippen LogP contribution < -0.4 is 4.74 Å². The first-order valence-corrected chi connectivity index (χ1v) is 5.55. The van der Waals surface area contributed by atoms with Crippen molar-refractivity contribution in [2.75, 3.05) is 0 Å². The largest absolute Gasteiger partial charge is 0.427 e. The van der Waals surface area contributed by atoms with Gasteiger partial charge < -0.3 is 4.74 Å². The maximum absolute atomic E-state index is 11.4. The SMILES string of the molecule is CC=Cc1ccc(OC(=O)CC(C)C)cc1. The fourth-order valence-corrected chi connectivity index (χ4v) is 1.35. The zero-order valence-corrected chi connectivity index (χ0v) is 10.1. The molecule has 0 aliphatic heterocycles. The molecule has 1 rings (SSSR count). The van der Waals surface area contributed by atoms with Gasteiger partial charge in [-0.3, -0.25) is 4.79 Å². The first kappa shape index (κ1) is 12.5. The summed E-state index contributed by atoms with van der Waals surface area (Å²) in [5.74, 6) is 0.766. The molecule has 2 nitrogen and oxygen atoms in total. The third kappa shape index (κ3) is 4.30. The minimum atomic E-state index is -0.172. The van der Waals surface area contributed by atoms with Crippen LogP contribution in [0.4, 0.5) is 0 Å². The quantitative estimate of drug-likeness (QED) is 0.569. The van der Waals surface area contributed by atoms with Crippen LogP contribution >= 0.6 is 0 Å². The number of benzene rings is 1. The zero-order chi connectivity index (χ0) is 12.0. The minimum Gasteiger partial charge on any atom is -0.427 e. The summed E-state index contributed by atoms with van der Waals surface area (Å²) in [7, 11) is 0. The molecule has 0 bridgehead atoms. The van der Waals surface area contributed by atoms with Gasteiger partial charge in [0.1, 0.15) is 5.75 Å². The van der Waals surface area contributed by atoms with Crippen LogP contribution in [0.15, 0.2) is 30.3 Å². The molecule has 1 aromatic carbocycles. The number of esters is 1. The van der Waals surface area contributed by atoms with E-state index in [1.54, 1.807) is 0 Å². The molecule has 0 atom stereocenters. The number of carbonyl (C=O) groups excluding carboxylic acids is 1. The van der Waals surface area contributed by atoms with E-state index in [9.17, 15) is 4.79 Å². The van der Waals surface area contributed by atoms with Crippen molar-refractivity contribution in [3.05, 3.63) is 35.9 Å². The van der Waals surface area contributed by atoms with Gasteiger partial charge >= 0.3 is 5.97 Å². The Kier molecular flexibility index (Phi) is 4.77. The Morgan fingerprint density at radius 2 is 1.94 bits per heavy atom. The average Bonchev–Trinajstić information content (AvgIpc) is 2.20. The Bertz CT molecular complexity index is 361. The van der Waals surface area contributed by atoms with Crippen LogP contribution in [0, 0.1) is 5.92 Å². The summed E-state index contributed by atoms with van der Waals surface area (Å²) in [6.45, 7) is 5.96. The normalized spacial score (nSPS) is 11.0. The molecule has 2 heteroatoms. The van der Waals surface area contributed by atoms with Crippen LogP contribution in [-0.2, 0) is 4.79 Å². The minimum absolute atomic E-state index is 0.172. The molecule has 0 aliphatic rings. The van der Waals surface area contributed by atoms with Crippen molar-refractivity contribution in [2.45, 2.75) is 27.2 Å². The molecule has 0 saturated heterocycles. The lowest BCUT2D eigenvalue weighted by Gasteiger charge is -2.06. The Labute approximate surface area is 96.9 Å². The van der Waals surface area contributed by atoms with Crippen molar-refractivity contribution in [1.82, 2.24) is 0 Å². The van der Waals surface area contributed by atoms with Gasteiger partial charge in [-0.2, -0.15) is 0 Å². The Morgan fingerprint density at radius 1 is 1.31 bits per heavy atom. The maximum Gasteiger partial charge on any atom is 0.311 e. The summed E-state index contributed by atoms with van der Waals surface area (Å²) in [4.78, 5) is 11.4. The summed E-state index contributed by atoms with van der Waals surface area (Å²) in [5.41, 5.74) is 1.10. The van der Waals surface area contributed by atoms with Gasteiger partial charge in [-0.25, -0.2) is 0 Å². The van der Waals surface area contributed by atoms with E-state index < -0.39 is 0 Å². The van der Waals surface area contributed by atoms with E-state index in [4.69, 9.17) is 4.74 Å². The molecule has 0 spiro atoms. The van der Waals surface area contributed by atoms with E-state index in [1.807, 2.05) is 57.2 Å². The number of allylic oxidation sites excluding steroid dienone is 1. The van der Waals surface area contributed by atoms with Gasteiger partial charge in [-0.1, -0.05) is 38.1 Å². The van der Waals surface area contributed by atoms with Gasteiger partial charge in [0, 0.05) is 6.42 Å². The Morgan fingerprint density at radius 3 is 2.44 bits per heavy atom. The van der Waals surface area contributed by atoms with Gasteiger partial charge in [0.15, 0.2) is 0 Å².